The Morgan fingerprint density at radius 1 is 1.50 bits per heavy atom. The zero-order valence-electron chi connectivity index (χ0n) is 8.79. The van der Waals surface area contributed by atoms with Gasteiger partial charge in [0.25, 0.3) is 0 Å². The maximum Gasteiger partial charge on any atom is 0.119 e. The molecule has 1 aromatic carbocycles. The average molecular weight is 188 g/mol. The molecular formula is C13H16O. The summed E-state index contributed by atoms with van der Waals surface area (Å²) in [6.07, 6.45) is 7.19. The zero-order chi connectivity index (χ0) is 10.4. The van der Waals surface area contributed by atoms with Crippen molar-refractivity contribution in [1.29, 1.82) is 0 Å². The van der Waals surface area contributed by atoms with Gasteiger partial charge in [-0.3, -0.25) is 0 Å². The van der Waals surface area contributed by atoms with Crippen molar-refractivity contribution >= 4 is 0 Å². The van der Waals surface area contributed by atoms with E-state index in [-0.39, 0.29) is 0 Å². The quantitative estimate of drug-likeness (QED) is 0.659. The third-order valence-electron chi connectivity index (χ3n) is 2.42. The molecule has 0 aliphatic rings. The molecule has 0 spiro atoms. The van der Waals surface area contributed by atoms with Crippen LogP contribution in [0.5, 0.6) is 5.75 Å². The van der Waals surface area contributed by atoms with E-state index in [0.29, 0.717) is 5.92 Å². The molecule has 0 saturated carbocycles. The average Bonchev–Trinajstić information content (AvgIpc) is 2.26. The molecule has 0 bridgehead atoms. The largest absolute Gasteiger partial charge is 0.497 e. The molecule has 0 aliphatic heterocycles. The second-order valence-electron chi connectivity index (χ2n) is 3.29. The molecule has 0 aromatic heterocycles. The molecule has 0 fully saturated rings. The summed E-state index contributed by atoms with van der Waals surface area (Å²) in [7, 11) is 1.68. The highest BCUT2D eigenvalue weighted by Gasteiger charge is 2.08. The van der Waals surface area contributed by atoms with Gasteiger partial charge >= 0.3 is 0 Å². The minimum atomic E-state index is 0.454. The molecule has 14 heavy (non-hydrogen) atoms. The van der Waals surface area contributed by atoms with Crippen molar-refractivity contribution in [1.82, 2.24) is 0 Å². The lowest BCUT2D eigenvalue weighted by Gasteiger charge is -2.12. The van der Waals surface area contributed by atoms with Crippen LogP contribution in [0.15, 0.2) is 24.3 Å². The van der Waals surface area contributed by atoms with Crippen LogP contribution in [-0.2, 0) is 0 Å². The molecule has 1 heteroatoms. The fraction of sp³-hybridized carbons (Fsp3) is 0.385. The van der Waals surface area contributed by atoms with Crippen molar-refractivity contribution in [2.75, 3.05) is 7.11 Å². The van der Waals surface area contributed by atoms with E-state index < -0.39 is 0 Å². The Bertz CT molecular complexity index is 322. The molecule has 1 unspecified atom stereocenters. The van der Waals surface area contributed by atoms with Gasteiger partial charge in [0.15, 0.2) is 0 Å². The van der Waals surface area contributed by atoms with Gasteiger partial charge in [0, 0.05) is 6.42 Å². The maximum atomic E-state index is 5.33. The highest BCUT2D eigenvalue weighted by molar-refractivity contribution is 5.31. The highest BCUT2D eigenvalue weighted by Crippen LogP contribution is 2.25. The summed E-state index contributed by atoms with van der Waals surface area (Å²) in [6.45, 7) is 2.15. The molecular weight excluding hydrogens is 172 g/mol. The number of terminal acetylenes is 1. The van der Waals surface area contributed by atoms with Crippen LogP contribution in [-0.4, -0.2) is 7.11 Å². The van der Waals surface area contributed by atoms with Gasteiger partial charge in [-0.25, -0.2) is 0 Å². The molecule has 0 saturated heterocycles. The van der Waals surface area contributed by atoms with Crippen molar-refractivity contribution in [3.05, 3.63) is 29.8 Å². The Morgan fingerprint density at radius 2 is 2.29 bits per heavy atom. The fourth-order valence-corrected chi connectivity index (χ4v) is 1.54. The van der Waals surface area contributed by atoms with Crippen LogP contribution in [0.1, 0.15) is 31.2 Å². The van der Waals surface area contributed by atoms with Crippen LogP contribution in [0.4, 0.5) is 0 Å². The van der Waals surface area contributed by atoms with E-state index in [2.05, 4.69) is 25.0 Å². The van der Waals surface area contributed by atoms with Crippen LogP contribution in [0, 0.1) is 12.3 Å². The van der Waals surface area contributed by atoms with Crippen LogP contribution in [0.25, 0.3) is 0 Å². The van der Waals surface area contributed by atoms with Gasteiger partial charge < -0.3 is 4.74 Å². The monoisotopic (exact) mass is 188 g/mol. The molecule has 0 heterocycles. The first kappa shape index (κ1) is 10.7. The van der Waals surface area contributed by atoms with Crippen LogP contribution in [0.2, 0.25) is 0 Å². The highest BCUT2D eigenvalue weighted by atomic mass is 16.5. The summed E-state index contributed by atoms with van der Waals surface area (Å²) < 4.78 is 5.18. The Morgan fingerprint density at radius 3 is 2.86 bits per heavy atom. The molecule has 0 N–H and O–H groups in total. The molecule has 0 radical (unpaired) electrons. The summed E-state index contributed by atoms with van der Waals surface area (Å²) in [6, 6.07) is 8.12. The van der Waals surface area contributed by atoms with Crippen molar-refractivity contribution in [2.45, 2.75) is 25.7 Å². The van der Waals surface area contributed by atoms with E-state index >= 15 is 0 Å². The first-order valence-corrected chi connectivity index (χ1v) is 4.89. The Hall–Kier alpha value is -1.42. The van der Waals surface area contributed by atoms with E-state index in [1.54, 1.807) is 7.11 Å². The first-order valence-electron chi connectivity index (χ1n) is 4.89. The second kappa shape index (κ2) is 5.34. The maximum absolute atomic E-state index is 5.33. The standard InChI is InChI=1S/C13H16O/c1-4-7-11(5-2)12-8-6-9-13(10-12)14-3/h1,6,8-11H,5,7H2,2-3H3. The summed E-state index contributed by atoms with van der Waals surface area (Å²) in [5.41, 5.74) is 1.27. The summed E-state index contributed by atoms with van der Waals surface area (Å²) in [5, 5.41) is 0. The predicted octanol–water partition coefficient (Wildman–Crippen LogP) is 3.21. The minimum Gasteiger partial charge on any atom is -0.497 e. The van der Waals surface area contributed by atoms with Gasteiger partial charge in [-0.15, -0.1) is 12.3 Å². The van der Waals surface area contributed by atoms with Gasteiger partial charge in [0.05, 0.1) is 7.11 Å². The summed E-state index contributed by atoms with van der Waals surface area (Å²) in [4.78, 5) is 0. The van der Waals surface area contributed by atoms with E-state index in [0.717, 1.165) is 18.6 Å². The third-order valence-corrected chi connectivity index (χ3v) is 2.42. The first-order chi connectivity index (χ1) is 6.81. The molecule has 1 nitrogen and oxygen atoms in total. The smallest absolute Gasteiger partial charge is 0.119 e. The van der Waals surface area contributed by atoms with Gasteiger partial charge in [-0.1, -0.05) is 19.1 Å². The van der Waals surface area contributed by atoms with E-state index in [9.17, 15) is 0 Å². The van der Waals surface area contributed by atoms with Crippen LogP contribution in [0.3, 0.4) is 0 Å². The van der Waals surface area contributed by atoms with Gasteiger partial charge in [0.1, 0.15) is 5.75 Å². The van der Waals surface area contributed by atoms with Gasteiger partial charge in [-0.05, 0) is 30.0 Å². The van der Waals surface area contributed by atoms with Crippen molar-refractivity contribution in [3.8, 4) is 18.1 Å². The van der Waals surface area contributed by atoms with Crippen LogP contribution < -0.4 is 4.74 Å². The fourth-order valence-electron chi connectivity index (χ4n) is 1.54. The Balaban J connectivity index is 2.87. The number of hydrogen-bond donors (Lipinski definition) is 0. The normalized spacial score (nSPS) is 11.8. The topological polar surface area (TPSA) is 9.23 Å². The minimum absolute atomic E-state index is 0.454. The van der Waals surface area contributed by atoms with Gasteiger partial charge in [-0.2, -0.15) is 0 Å². The Labute approximate surface area is 86.1 Å². The number of rotatable bonds is 4. The van der Waals surface area contributed by atoms with Crippen molar-refractivity contribution in [2.24, 2.45) is 0 Å². The summed E-state index contributed by atoms with van der Waals surface area (Å²) in [5.74, 6) is 4.07. The predicted molar refractivity (Wildman–Crippen MR) is 59.5 cm³/mol. The SMILES string of the molecule is C#CCC(CC)c1cccc(OC)c1. The number of ether oxygens (including phenoxy) is 1. The molecule has 1 atom stereocenters. The van der Waals surface area contributed by atoms with E-state index in [1.807, 2.05) is 12.1 Å². The molecule has 0 amide bonds. The lowest BCUT2D eigenvalue weighted by molar-refractivity contribution is 0.413. The molecule has 0 aliphatic carbocycles. The second-order valence-corrected chi connectivity index (χ2v) is 3.29. The number of hydrogen-bond acceptors (Lipinski definition) is 1. The van der Waals surface area contributed by atoms with E-state index in [4.69, 9.17) is 11.2 Å². The Kier molecular flexibility index (Phi) is 4.07. The third kappa shape index (κ3) is 2.53. The van der Waals surface area contributed by atoms with Crippen molar-refractivity contribution in [3.63, 3.8) is 0 Å². The summed E-state index contributed by atoms with van der Waals surface area (Å²) >= 11 is 0. The molecule has 1 rings (SSSR count). The molecule has 1 aromatic rings. The van der Waals surface area contributed by atoms with Crippen molar-refractivity contribution < 1.29 is 4.74 Å². The molecule has 74 valence electrons. The lowest BCUT2D eigenvalue weighted by Crippen LogP contribution is -1.96. The number of methoxy groups -OCH3 is 1. The van der Waals surface area contributed by atoms with E-state index in [1.165, 1.54) is 5.56 Å². The van der Waals surface area contributed by atoms with Gasteiger partial charge in [0.2, 0.25) is 0 Å². The van der Waals surface area contributed by atoms with Crippen LogP contribution >= 0.6 is 0 Å². The zero-order valence-corrected chi connectivity index (χ0v) is 8.79. The number of benzene rings is 1. The lowest BCUT2D eigenvalue weighted by atomic mass is 9.93.